The lowest BCUT2D eigenvalue weighted by Crippen LogP contribution is -2.13. The summed E-state index contributed by atoms with van der Waals surface area (Å²) in [5.74, 6) is -0.939. The van der Waals surface area contributed by atoms with Crippen LogP contribution in [-0.4, -0.2) is 23.0 Å². The van der Waals surface area contributed by atoms with E-state index in [4.69, 9.17) is 16.3 Å². The molecule has 2 aromatic heterocycles. The Morgan fingerprint density at radius 3 is 2.42 bits per heavy atom. The summed E-state index contributed by atoms with van der Waals surface area (Å²) in [5.41, 5.74) is 1.93. The maximum atomic E-state index is 14.3. The van der Waals surface area contributed by atoms with E-state index >= 15 is 0 Å². The molecule has 5 aromatic rings. The molecule has 5 rings (SSSR count). The summed E-state index contributed by atoms with van der Waals surface area (Å²) in [6.07, 6.45) is 1.76. The molecule has 182 valence electrons. The summed E-state index contributed by atoms with van der Waals surface area (Å²) in [7, 11) is -3.92. The molecule has 0 aliphatic rings. The van der Waals surface area contributed by atoms with Gasteiger partial charge in [0.25, 0.3) is 10.0 Å². The summed E-state index contributed by atoms with van der Waals surface area (Å²) in [6, 6.07) is 16.8. The number of anilines is 1. The summed E-state index contributed by atoms with van der Waals surface area (Å²) in [4.78, 5) is 0.0312. The van der Waals surface area contributed by atoms with Gasteiger partial charge >= 0.3 is 0 Å². The second-order valence-corrected chi connectivity index (χ2v) is 9.96. The van der Waals surface area contributed by atoms with Gasteiger partial charge in [-0.3, -0.25) is 9.12 Å². The maximum Gasteiger partial charge on any atom is 0.261 e. The molecule has 0 atom stereocenters. The smallest absolute Gasteiger partial charge is 0.261 e. The minimum absolute atomic E-state index is 0.0312. The molecule has 7 nitrogen and oxygen atoms in total. The van der Waals surface area contributed by atoms with Crippen molar-refractivity contribution >= 4 is 33.0 Å². The summed E-state index contributed by atoms with van der Waals surface area (Å²) >= 11 is 5.87. The zero-order chi connectivity index (χ0) is 25.4. The molecule has 0 spiro atoms. The zero-order valence-corrected chi connectivity index (χ0v) is 20.2. The SMILES string of the molecule is Cc1nnc2ccc(-c3cc(NS(=O)(=O)c4ccc(Cl)cc4)ccc3Oc3ccc(F)cc3F)cn12. The standard InChI is InChI=1S/C25H17ClF2N4O3S/c1-15-29-30-25-11-2-16(14-32(15)25)21-13-19(31-36(33,34)20-7-3-17(26)4-8-20)6-10-23(21)35-24-9-5-18(27)12-22(24)28/h2-14,31H,1H3. The fourth-order valence-electron chi connectivity index (χ4n) is 3.58. The van der Waals surface area contributed by atoms with Crippen LogP contribution in [0.2, 0.25) is 5.02 Å². The number of halogens is 3. The van der Waals surface area contributed by atoms with Crippen molar-refractivity contribution in [2.24, 2.45) is 0 Å². The number of pyridine rings is 1. The Hall–Kier alpha value is -4.02. The Morgan fingerprint density at radius 1 is 0.917 bits per heavy atom. The lowest BCUT2D eigenvalue weighted by atomic mass is 10.1. The highest BCUT2D eigenvalue weighted by Gasteiger charge is 2.18. The second kappa shape index (κ2) is 9.21. The molecule has 1 N–H and O–H groups in total. The Morgan fingerprint density at radius 2 is 1.67 bits per heavy atom. The van der Waals surface area contributed by atoms with Crippen molar-refractivity contribution in [3.8, 4) is 22.6 Å². The number of hydrogen-bond acceptors (Lipinski definition) is 5. The zero-order valence-electron chi connectivity index (χ0n) is 18.6. The normalized spacial score (nSPS) is 11.6. The number of fused-ring (bicyclic) bond motifs is 1. The van der Waals surface area contributed by atoms with Crippen molar-refractivity contribution in [1.29, 1.82) is 0 Å². The van der Waals surface area contributed by atoms with E-state index in [2.05, 4.69) is 14.9 Å². The molecular formula is C25H17ClF2N4O3S. The molecule has 0 fully saturated rings. The average molecular weight is 527 g/mol. The Balaban J connectivity index is 1.59. The van der Waals surface area contributed by atoms with Crippen LogP contribution in [0.5, 0.6) is 11.5 Å². The number of sulfonamides is 1. The van der Waals surface area contributed by atoms with Crippen LogP contribution in [0.15, 0.2) is 83.9 Å². The molecule has 2 heterocycles. The fourth-order valence-corrected chi connectivity index (χ4v) is 4.75. The third-order valence-electron chi connectivity index (χ3n) is 5.35. The van der Waals surface area contributed by atoms with Crippen molar-refractivity contribution in [1.82, 2.24) is 14.6 Å². The first-order chi connectivity index (χ1) is 17.2. The molecule has 0 amide bonds. The first-order valence-electron chi connectivity index (χ1n) is 10.6. The molecule has 3 aromatic carbocycles. The minimum atomic E-state index is -3.92. The van der Waals surface area contributed by atoms with Crippen LogP contribution in [0.1, 0.15) is 5.82 Å². The lowest BCUT2D eigenvalue weighted by molar-refractivity contribution is 0.439. The van der Waals surface area contributed by atoms with E-state index in [9.17, 15) is 17.2 Å². The van der Waals surface area contributed by atoms with Gasteiger partial charge in [-0.1, -0.05) is 11.6 Å². The molecule has 11 heteroatoms. The van der Waals surface area contributed by atoms with Gasteiger partial charge in [-0.05, 0) is 73.7 Å². The van der Waals surface area contributed by atoms with Crippen LogP contribution >= 0.6 is 11.6 Å². The molecule has 0 aliphatic carbocycles. The number of rotatable bonds is 6. The van der Waals surface area contributed by atoms with Gasteiger partial charge < -0.3 is 4.74 Å². The number of benzene rings is 3. The van der Waals surface area contributed by atoms with Crippen molar-refractivity contribution < 1.29 is 21.9 Å². The van der Waals surface area contributed by atoms with E-state index in [1.165, 1.54) is 42.5 Å². The largest absolute Gasteiger partial charge is 0.454 e. The highest BCUT2D eigenvalue weighted by molar-refractivity contribution is 7.92. The summed E-state index contributed by atoms with van der Waals surface area (Å²) in [5, 5.41) is 8.51. The Bertz CT molecular complexity index is 1710. The molecule has 36 heavy (non-hydrogen) atoms. The van der Waals surface area contributed by atoms with Crippen LogP contribution in [0.3, 0.4) is 0 Å². The maximum absolute atomic E-state index is 14.3. The highest BCUT2D eigenvalue weighted by Crippen LogP contribution is 2.37. The van der Waals surface area contributed by atoms with E-state index in [0.717, 1.165) is 12.1 Å². The Labute approximate surface area is 210 Å². The minimum Gasteiger partial charge on any atom is -0.454 e. The summed E-state index contributed by atoms with van der Waals surface area (Å²) in [6.45, 7) is 1.78. The van der Waals surface area contributed by atoms with Gasteiger partial charge in [-0.15, -0.1) is 10.2 Å². The second-order valence-electron chi connectivity index (χ2n) is 7.84. The molecule has 0 bridgehead atoms. The van der Waals surface area contributed by atoms with Gasteiger partial charge in [0.05, 0.1) is 4.90 Å². The quantitative estimate of drug-likeness (QED) is 0.283. The predicted molar refractivity (Wildman–Crippen MR) is 132 cm³/mol. The number of aryl methyl sites for hydroxylation is 1. The third kappa shape index (κ3) is 4.73. The van der Waals surface area contributed by atoms with Crippen molar-refractivity contribution in [3.63, 3.8) is 0 Å². The van der Waals surface area contributed by atoms with Gasteiger partial charge in [0.2, 0.25) is 0 Å². The molecule has 0 unspecified atom stereocenters. The third-order valence-corrected chi connectivity index (χ3v) is 7.00. The van der Waals surface area contributed by atoms with E-state index in [0.29, 0.717) is 27.6 Å². The van der Waals surface area contributed by atoms with E-state index in [-0.39, 0.29) is 22.1 Å². The molecular weight excluding hydrogens is 510 g/mol. The van der Waals surface area contributed by atoms with Crippen molar-refractivity contribution in [2.75, 3.05) is 4.72 Å². The van der Waals surface area contributed by atoms with Crippen LogP contribution in [0, 0.1) is 18.6 Å². The fraction of sp³-hybridized carbons (Fsp3) is 0.0400. The molecule has 0 radical (unpaired) electrons. The van der Waals surface area contributed by atoms with Gasteiger partial charge in [0.15, 0.2) is 17.2 Å². The number of nitrogens with one attached hydrogen (secondary N) is 1. The van der Waals surface area contributed by atoms with Crippen LogP contribution in [0.4, 0.5) is 14.5 Å². The number of ether oxygens (including phenoxy) is 1. The van der Waals surface area contributed by atoms with Crippen molar-refractivity contribution in [2.45, 2.75) is 11.8 Å². The van der Waals surface area contributed by atoms with Gasteiger partial charge in [0.1, 0.15) is 17.4 Å². The average Bonchev–Trinajstić information content (AvgIpc) is 3.22. The van der Waals surface area contributed by atoms with E-state index in [1.807, 2.05) is 0 Å². The van der Waals surface area contributed by atoms with Crippen LogP contribution in [-0.2, 0) is 10.0 Å². The molecule has 0 saturated carbocycles. The van der Waals surface area contributed by atoms with Gasteiger partial charge in [-0.25, -0.2) is 17.2 Å². The lowest BCUT2D eigenvalue weighted by Gasteiger charge is -2.15. The number of hydrogen-bond donors (Lipinski definition) is 1. The number of nitrogens with zero attached hydrogens (tertiary/aromatic N) is 3. The topological polar surface area (TPSA) is 85.6 Å². The van der Waals surface area contributed by atoms with Gasteiger partial charge in [0, 0.05) is 34.1 Å². The number of aromatic nitrogens is 3. The molecule has 0 aliphatic heterocycles. The highest BCUT2D eigenvalue weighted by atomic mass is 35.5. The van der Waals surface area contributed by atoms with Crippen LogP contribution in [0.25, 0.3) is 16.8 Å². The first kappa shape index (κ1) is 23.7. The first-order valence-corrected chi connectivity index (χ1v) is 12.4. The molecule has 0 saturated heterocycles. The monoisotopic (exact) mass is 526 g/mol. The van der Waals surface area contributed by atoms with Gasteiger partial charge in [-0.2, -0.15) is 0 Å². The summed E-state index contributed by atoms with van der Waals surface area (Å²) < 4.78 is 63.6. The van der Waals surface area contributed by atoms with E-state index < -0.39 is 21.7 Å². The Kier molecular flexibility index (Phi) is 6.07. The predicted octanol–water partition coefficient (Wildman–Crippen LogP) is 6.23. The van der Waals surface area contributed by atoms with E-state index in [1.54, 1.807) is 35.7 Å². The van der Waals surface area contributed by atoms with Crippen molar-refractivity contribution in [3.05, 3.63) is 101 Å². The van der Waals surface area contributed by atoms with Crippen LogP contribution < -0.4 is 9.46 Å².